The molecule has 0 radical (unpaired) electrons. The molecule has 236 valence electrons. The molecule has 1 aliphatic heterocycles. The minimum absolute atomic E-state index is 0.0605. The summed E-state index contributed by atoms with van der Waals surface area (Å²) in [4.78, 5) is 57.1. The van der Waals surface area contributed by atoms with Gasteiger partial charge in [0.05, 0.1) is 11.9 Å². The molecule has 2 atom stereocenters. The molecule has 1 fully saturated rings. The van der Waals surface area contributed by atoms with Crippen LogP contribution in [0, 0.1) is 6.92 Å². The Kier molecular flexibility index (Phi) is 10.6. The number of aryl methyl sites for hydroxylation is 1. The molecule has 4 N–H and O–H groups in total. The molecule has 1 aromatic heterocycles. The van der Waals surface area contributed by atoms with Gasteiger partial charge in [0.2, 0.25) is 33.7 Å². The highest BCUT2D eigenvalue weighted by Crippen LogP contribution is 2.20. The monoisotopic (exact) mass is 624 g/mol. The molecule has 12 nitrogen and oxygen atoms in total. The number of fused-ring (bicyclic) bond motifs is 1. The lowest BCUT2D eigenvalue weighted by Crippen LogP contribution is -2.53. The highest BCUT2D eigenvalue weighted by atomic mass is 32.2. The van der Waals surface area contributed by atoms with Crippen LogP contribution in [-0.2, 0) is 35.6 Å². The van der Waals surface area contributed by atoms with Gasteiger partial charge in [-0.25, -0.2) is 8.42 Å². The molecule has 0 bridgehead atoms. The van der Waals surface area contributed by atoms with E-state index in [0.29, 0.717) is 18.5 Å². The summed E-state index contributed by atoms with van der Waals surface area (Å²) in [6.45, 7) is 3.65. The summed E-state index contributed by atoms with van der Waals surface area (Å²) in [6.07, 6.45) is 3.85. The van der Waals surface area contributed by atoms with Crippen LogP contribution in [-0.4, -0.2) is 86.4 Å². The van der Waals surface area contributed by atoms with E-state index in [-0.39, 0.29) is 38.4 Å². The van der Waals surface area contributed by atoms with Gasteiger partial charge in [-0.15, -0.1) is 0 Å². The Labute approximate surface area is 257 Å². The first kappa shape index (κ1) is 32.5. The van der Waals surface area contributed by atoms with Crippen molar-refractivity contribution in [2.24, 2.45) is 0 Å². The van der Waals surface area contributed by atoms with Gasteiger partial charge in [-0.3, -0.25) is 23.5 Å². The zero-order valence-electron chi connectivity index (χ0n) is 25.3. The Hall–Kier alpha value is -4.39. The first-order chi connectivity index (χ1) is 20.9. The third-order valence-electron chi connectivity index (χ3n) is 7.56. The zero-order chi connectivity index (χ0) is 31.9. The molecule has 0 aliphatic carbocycles. The van der Waals surface area contributed by atoms with E-state index in [9.17, 15) is 27.6 Å². The molecule has 3 aromatic rings. The van der Waals surface area contributed by atoms with E-state index in [1.807, 2.05) is 43.5 Å². The maximum atomic E-state index is 13.5. The number of H-pyrrole nitrogens is 1. The van der Waals surface area contributed by atoms with Gasteiger partial charge in [0.15, 0.2) is 0 Å². The van der Waals surface area contributed by atoms with Crippen molar-refractivity contribution in [3.8, 4) is 0 Å². The average molecular weight is 625 g/mol. The summed E-state index contributed by atoms with van der Waals surface area (Å²) >= 11 is 0. The van der Waals surface area contributed by atoms with Crippen molar-refractivity contribution < 1.29 is 27.6 Å². The van der Waals surface area contributed by atoms with Gasteiger partial charge in [0.1, 0.15) is 18.6 Å². The van der Waals surface area contributed by atoms with Gasteiger partial charge in [-0.05, 0) is 56.0 Å². The van der Waals surface area contributed by atoms with Gasteiger partial charge in [0, 0.05) is 49.6 Å². The summed E-state index contributed by atoms with van der Waals surface area (Å²) in [5.74, 6) is -1.67. The van der Waals surface area contributed by atoms with Crippen molar-refractivity contribution in [2.45, 2.75) is 51.6 Å². The first-order valence-electron chi connectivity index (χ1n) is 14.7. The summed E-state index contributed by atoms with van der Waals surface area (Å²) in [5.41, 5.74) is 3.01. The molecule has 44 heavy (non-hydrogen) atoms. The quantitative estimate of drug-likeness (QED) is 0.326. The molecule has 0 unspecified atom stereocenters. The van der Waals surface area contributed by atoms with Gasteiger partial charge in [-0.2, -0.15) is 0 Å². The second kappa shape index (κ2) is 14.4. The molecule has 13 heteroatoms. The van der Waals surface area contributed by atoms with E-state index in [1.165, 1.54) is 4.90 Å². The Morgan fingerprint density at radius 2 is 1.75 bits per heavy atom. The number of carbonyl (C=O) groups is 4. The fraction of sp³-hybridized carbons (Fsp3) is 0.419. The third-order valence-corrected chi connectivity index (χ3v) is 8.70. The van der Waals surface area contributed by atoms with E-state index in [1.54, 1.807) is 25.1 Å². The molecular weight excluding hydrogens is 584 g/mol. The number of hydrogen-bond acceptors (Lipinski definition) is 6. The van der Waals surface area contributed by atoms with Crippen molar-refractivity contribution in [1.82, 2.24) is 25.8 Å². The number of hydrogen-bond donors (Lipinski definition) is 4. The number of amides is 4. The SMILES string of the molecule is Cc1cccc(N(CC(=O)N2CCCNC(=O)[C@@H](Cc3c[nH]c4ccccc34)NC(=O)[C@H](C)NC(=O)CCC2)S(C)(=O)=O)c1. The number of nitrogens with one attached hydrogen (secondary N) is 4. The largest absolute Gasteiger partial charge is 0.361 e. The Morgan fingerprint density at radius 3 is 2.50 bits per heavy atom. The van der Waals surface area contributed by atoms with E-state index >= 15 is 0 Å². The normalized spacial score (nSPS) is 19.3. The van der Waals surface area contributed by atoms with Crippen LogP contribution in [0.1, 0.15) is 37.3 Å². The van der Waals surface area contributed by atoms with Crippen LogP contribution < -0.4 is 20.3 Å². The highest BCUT2D eigenvalue weighted by molar-refractivity contribution is 7.92. The van der Waals surface area contributed by atoms with E-state index in [4.69, 9.17) is 0 Å². The molecule has 2 aromatic carbocycles. The van der Waals surface area contributed by atoms with Crippen LogP contribution in [0.5, 0.6) is 0 Å². The standard InChI is InChI=1S/C31H40N6O6S/c1-21-9-6-10-24(17-21)37(44(3,42)43)20-29(39)36-15-7-13-28(38)34-22(2)30(40)35-27(31(41)32-14-8-16-36)18-23-19-33-26-12-5-4-11-25(23)26/h4-6,9-12,17,19,22,27,33H,7-8,13-16,18,20H2,1-3H3,(H,32,41)(H,34,38)(H,35,40)/t22-,27+/m0/s1. The number of carbonyl (C=O) groups excluding carboxylic acids is 4. The fourth-order valence-electron chi connectivity index (χ4n) is 5.21. The maximum absolute atomic E-state index is 13.5. The molecule has 0 spiro atoms. The van der Waals surface area contributed by atoms with Gasteiger partial charge in [-0.1, -0.05) is 30.3 Å². The van der Waals surface area contributed by atoms with Crippen molar-refractivity contribution in [3.05, 3.63) is 65.9 Å². The second-order valence-corrected chi connectivity index (χ2v) is 13.1. The number of aromatic nitrogens is 1. The lowest BCUT2D eigenvalue weighted by molar-refractivity contribution is -0.131. The maximum Gasteiger partial charge on any atom is 0.243 e. The van der Waals surface area contributed by atoms with Crippen molar-refractivity contribution in [3.63, 3.8) is 0 Å². The molecule has 0 saturated carbocycles. The van der Waals surface area contributed by atoms with E-state index in [0.717, 1.165) is 32.6 Å². The summed E-state index contributed by atoms with van der Waals surface area (Å²) in [5, 5.41) is 9.26. The third kappa shape index (κ3) is 8.59. The predicted octanol–water partition coefficient (Wildman–Crippen LogP) is 1.60. The summed E-state index contributed by atoms with van der Waals surface area (Å²) < 4.78 is 26.4. The van der Waals surface area contributed by atoms with Gasteiger partial charge >= 0.3 is 0 Å². The van der Waals surface area contributed by atoms with Crippen molar-refractivity contribution in [2.75, 3.05) is 36.7 Å². The molecule has 1 saturated heterocycles. The predicted molar refractivity (Wildman–Crippen MR) is 168 cm³/mol. The summed E-state index contributed by atoms with van der Waals surface area (Å²) in [6, 6.07) is 12.8. The minimum atomic E-state index is -3.77. The number of sulfonamides is 1. The van der Waals surface area contributed by atoms with Crippen LogP contribution >= 0.6 is 0 Å². The highest BCUT2D eigenvalue weighted by Gasteiger charge is 2.27. The molecule has 4 rings (SSSR count). The Balaban J connectivity index is 1.50. The zero-order valence-corrected chi connectivity index (χ0v) is 26.1. The number of aromatic amines is 1. The van der Waals surface area contributed by atoms with Crippen LogP contribution in [0.3, 0.4) is 0 Å². The molecule has 2 heterocycles. The average Bonchev–Trinajstić information content (AvgIpc) is 3.38. The minimum Gasteiger partial charge on any atom is -0.361 e. The number of benzene rings is 2. The Bertz CT molecular complexity index is 1620. The Morgan fingerprint density at radius 1 is 1.00 bits per heavy atom. The van der Waals surface area contributed by atoms with Crippen LogP contribution in [0.2, 0.25) is 0 Å². The van der Waals surface area contributed by atoms with Gasteiger partial charge < -0.3 is 25.8 Å². The number of para-hydroxylation sites is 1. The van der Waals surface area contributed by atoms with Crippen molar-refractivity contribution in [1.29, 1.82) is 0 Å². The van der Waals surface area contributed by atoms with E-state index < -0.39 is 46.4 Å². The summed E-state index contributed by atoms with van der Waals surface area (Å²) in [7, 11) is -3.77. The van der Waals surface area contributed by atoms with Crippen LogP contribution in [0.4, 0.5) is 5.69 Å². The van der Waals surface area contributed by atoms with Crippen LogP contribution in [0.25, 0.3) is 10.9 Å². The van der Waals surface area contributed by atoms with E-state index in [2.05, 4.69) is 20.9 Å². The molecular formula is C31H40N6O6S. The van der Waals surface area contributed by atoms with Crippen molar-refractivity contribution >= 4 is 50.2 Å². The smallest absolute Gasteiger partial charge is 0.243 e. The van der Waals surface area contributed by atoms with Crippen LogP contribution in [0.15, 0.2) is 54.7 Å². The lowest BCUT2D eigenvalue weighted by atomic mass is 10.0. The number of anilines is 1. The fourth-order valence-corrected chi connectivity index (χ4v) is 6.05. The first-order valence-corrected chi connectivity index (χ1v) is 16.5. The second-order valence-electron chi connectivity index (χ2n) is 11.2. The molecule has 1 aliphatic rings. The molecule has 4 amide bonds. The number of nitrogens with zero attached hydrogens (tertiary/aromatic N) is 2. The number of rotatable bonds is 6. The van der Waals surface area contributed by atoms with Gasteiger partial charge in [0.25, 0.3) is 0 Å². The lowest BCUT2D eigenvalue weighted by Gasteiger charge is -2.28. The topological polar surface area (TPSA) is 161 Å².